The molecule has 48 heavy (non-hydrogen) atoms. The van der Waals surface area contributed by atoms with Crippen molar-refractivity contribution in [3.63, 3.8) is 0 Å². The molecular weight excluding hydrogens is 600 g/mol. The van der Waals surface area contributed by atoms with E-state index in [0.717, 1.165) is 22.3 Å². The Morgan fingerprint density at radius 3 is 0.917 bits per heavy atom. The van der Waals surface area contributed by atoms with Gasteiger partial charge in [0.15, 0.2) is 34.2 Å². The zero-order chi connectivity index (χ0) is 33.1. The van der Waals surface area contributed by atoms with Gasteiger partial charge in [0, 0.05) is 34.4 Å². The van der Waals surface area contributed by atoms with Crippen LogP contribution in [0, 0.1) is 0 Å². The van der Waals surface area contributed by atoms with Gasteiger partial charge in [0.05, 0.1) is 39.6 Å². The molecule has 0 atom stereocenters. The summed E-state index contributed by atoms with van der Waals surface area (Å²) < 4.78 is 39.4. The first-order chi connectivity index (χ1) is 23.6. The highest BCUT2D eigenvalue weighted by Gasteiger charge is 2.52. The molecular formula is C42H36O6. The average molecular weight is 637 g/mol. The van der Waals surface area contributed by atoms with Crippen molar-refractivity contribution in [3.8, 4) is 34.5 Å². The van der Waals surface area contributed by atoms with E-state index in [1.54, 1.807) is 28.4 Å². The molecule has 0 radical (unpaired) electrons. The lowest BCUT2D eigenvalue weighted by Crippen LogP contribution is -2.44. The summed E-state index contributed by atoms with van der Waals surface area (Å²) in [5.41, 5.74) is 2.32. The maximum Gasteiger partial charge on any atom is 0.188 e. The number of methoxy groups -OCH3 is 4. The van der Waals surface area contributed by atoms with Crippen molar-refractivity contribution in [1.29, 1.82) is 0 Å². The molecule has 1 heterocycles. The van der Waals surface area contributed by atoms with Crippen molar-refractivity contribution >= 4 is 0 Å². The van der Waals surface area contributed by atoms with Gasteiger partial charge in [0.2, 0.25) is 0 Å². The highest BCUT2D eigenvalue weighted by molar-refractivity contribution is 5.68. The Hall–Kier alpha value is -5.88. The van der Waals surface area contributed by atoms with Crippen molar-refractivity contribution in [2.24, 2.45) is 0 Å². The molecule has 0 saturated carbocycles. The fraction of sp³-hybridized carbons (Fsp3) is 0.143. The summed E-state index contributed by atoms with van der Waals surface area (Å²) in [4.78, 5) is 0. The maximum atomic E-state index is 7.67. The monoisotopic (exact) mass is 636 g/mol. The molecule has 7 rings (SSSR count). The standard InChI is InChI=1S/C42H36O6/c1-43-33-25-35-39(37(27-33)45-3)47-42(31-21-13-7-14-22-31,32-23-15-8-16-24-32)36-26-34(44-2)28-38(46-4)40(36)48-41(35,29-17-9-5-10-18-29)30-19-11-6-12-20-30/h5-28H,1-4H3. The van der Waals surface area contributed by atoms with Crippen molar-refractivity contribution < 1.29 is 28.4 Å². The van der Waals surface area contributed by atoms with E-state index in [2.05, 4.69) is 48.5 Å². The molecule has 1 aliphatic heterocycles. The molecule has 6 heteroatoms. The molecule has 0 fully saturated rings. The van der Waals surface area contributed by atoms with Crippen molar-refractivity contribution in [3.05, 3.63) is 179 Å². The zero-order valence-corrected chi connectivity index (χ0v) is 27.3. The van der Waals surface area contributed by atoms with E-state index >= 15 is 0 Å². The van der Waals surface area contributed by atoms with Gasteiger partial charge in [0.1, 0.15) is 11.5 Å². The lowest BCUT2D eigenvalue weighted by Gasteiger charge is -2.45. The van der Waals surface area contributed by atoms with Crippen LogP contribution in [0.4, 0.5) is 0 Å². The summed E-state index contributed by atoms with van der Waals surface area (Å²) in [7, 11) is 6.55. The third-order valence-electron chi connectivity index (χ3n) is 8.96. The van der Waals surface area contributed by atoms with Crippen LogP contribution in [-0.4, -0.2) is 28.4 Å². The third-order valence-corrected chi connectivity index (χ3v) is 8.96. The summed E-state index contributed by atoms with van der Waals surface area (Å²) in [6, 6.07) is 48.1. The Labute approximate surface area is 281 Å². The molecule has 0 amide bonds. The molecule has 0 unspecified atom stereocenters. The Morgan fingerprint density at radius 1 is 0.375 bits per heavy atom. The summed E-state index contributed by atoms with van der Waals surface area (Å²) in [5, 5.41) is 0. The van der Waals surface area contributed by atoms with E-state index in [4.69, 9.17) is 28.4 Å². The Bertz CT molecular complexity index is 1780. The molecule has 0 bridgehead atoms. The van der Waals surface area contributed by atoms with E-state index in [1.165, 1.54) is 0 Å². The Morgan fingerprint density at radius 2 is 0.667 bits per heavy atom. The van der Waals surface area contributed by atoms with Crippen LogP contribution >= 0.6 is 0 Å². The molecule has 0 aliphatic carbocycles. The van der Waals surface area contributed by atoms with E-state index in [9.17, 15) is 0 Å². The minimum atomic E-state index is -1.27. The topological polar surface area (TPSA) is 55.4 Å². The van der Waals surface area contributed by atoms with Crippen molar-refractivity contribution in [2.45, 2.75) is 11.2 Å². The summed E-state index contributed by atoms with van der Waals surface area (Å²) in [5.74, 6) is 3.12. The van der Waals surface area contributed by atoms with Crippen LogP contribution < -0.4 is 28.4 Å². The first kappa shape index (κ1) is 30.8. The summed E-state index contributed by atoms with van der Waals surface area (Å²) in [6.45, 7) is 0. The zero-order valence-electron chi connectivity index (χ0n) is 27.3. The van der Waals surface area contributed by atoms with Gasteiger partial charge in [0.25, 0.3) is 0 Å². The molecule has 6 aromatic rings. The minimum Gasteiger partial charge on any atom is -0.497 e. The molecule has 0 aromatic heterocycles. The van der Waals surface area contributed by atoms with Crippen LogP contribution in [0.3, 0.4) is 0 Å². The van der Waals surface area contributed by atoms with Gasteiger partial charge in [-0.25, -0.2) is 0 Å². The number of hydrogen-bond donors (Lipinski definition) is 0. The Kier molecular flexibility index (Phi) is 8.15. The Balaban J connectivity index is 1.73. The van der Waals surface area contributed by atoms with Crippen LogP contribution in [0.25, 0.3) is 0 Å². The van der Waals surface area contributed by atoms with E-state index in [1.807, 2.05) is 97.1 Å². The number of benzene rings is 6. The first-order valence-electron chi connectivity index (χ1n) is 15.7. The molecule has 6 aromatic carbocycles. The van der Waals surface area contributed by atoms with E-state index in [0.29, 0.717) is 45.6 Å². The van der Waals surface area contributed by atoms with Gasteiger partial charge in [-0.15, -0.1) is 0 Å². The number of rotatable bonds is 8. The second-order valence-corrected chi connectivity index (χ2v) is 11.4. The number of hydrogen-bond acceptors (Lipinski definition) is 6. The fourth-order valence-corrected chi connectivity index (χ4v) is 6.73. The smallest absolute Gasteiger partial charge is 0.188 e. The van der Waals surface area contributed by atoms with Gasteiger partial charge < -0.3 is 28.4 Å². The predicted molar refractivity (Wildman–Crippen MR) is 186 cm³/mol. The van der Waals surface area contributed by atoms with Crippen LogP contribution in [0.15, 0.2) is 146 Å². The van der Waals surface area contributed by atoms with Gasteiger partial charge in [-0.05, 0) is 12.1 Å². The highest BCUT2D eigenvalue weighted by Crippen LogP contribution is 2.58. The first-order valence-corrected chi connectivity index (χ1v) is 15.7. The molecule has 0 N–H and O–H groups in total. The minimum absolute atomic E-state index is 0.485. The fourth-order valence-electron chi connectivity index (χ4n) is 6.73. The maximum absolute atomic E-state index is 7.67. The van der Waals surface area contributed by atoms with Crippen LogP contribution in [0.1, 0.15) is 33.4 Å². The normalized spacial score (nSPS) is 14.1. The van der Waals surface area contributed by atoms with Crippen LogP contribution in [-0.2, 0) is 11.2 Å². The van der Waals surface area contributed by atoms with Crippen LogP contribution in [0.2, 0.25) is 0 Å². The molecule has 0 saturated heterocycles. The summed E-state index contributed by atoms with van der Waals surface area (Å²) >= 11 is 0. The third kappa shape index (κ3) is 4.88. The van der Waals surface area contributed by atoms with Crippen LogP contribution in [0.5, 0.6) is 34.5 Å². The second-order valence-electron chi connectivity index (χ2n) is 11.4. The molecule has 6 nitrogen and oxygen atoms in total. The average Bonchev–Trinajstić information content (AvgIpc) is 3.16. The molecule has 0 spiro atoms. The van der Waals surface area contributed by atoms with Gasteiger partial charge in [-0.2, -0.15) is 0 Å². The van der Waals surface area contributed by atoms with Gasteiger partial charge >= 0.3 is 0 Å². The lowest BCUT2D eigenvalue weighted by atomic mass is 9.76. The van der Waals surface area contributed by atoms with Crippen molar-refractivity contribution in [1.82, 2.24) is 0 Å². The molecule has 240 valence electrons. The lowest BCUT2D eigenvalue weighted by molar-refractivity contribution is 0.0891. The summed E-state index contributed by atoms with van der Waals surface area (Å²) in [6.07, 6.45) is 0. The van der Waals surface area contributed by atoms with Gasteiger partial charge in [-0.3, -0.25) is 0 Å². The number of ether oxygens (including phenoxy) is 6. The number of fused-ring (bicyclic) bond motifs is 2. The predicted octanol–water partition coefficient (Wildman–Crippen LogP) is 8.78. The highest BCUT2D eigenvalue weighted by atomic mass is 16.6. The second kappa shape index (κ2) is 12.7. The largest absolute Gasteiger partial charge is 0.497 e. The SMILES string of the molecule is COc1cc(OC)c2c(c1)C(c1ccccc1)(c1ccccc1)Oc1c(OC)cc(OC)cc1C(c1ccccc1)(c1ccccc1)O2. The molecule has 1 aliphatic rings. The van der Waals surface area contributed by atoms with Gasteiger partial charge in [-0.1, -0.05) is 121 Å². The van der Waals surface area contributed by atoms with E-state index in [-0.39, 0.29) is 0 Å². The van der Waals surface area contributed by atoms with E-state index < -0.39 is 11.2 Å². The van der Waals surface area contributed by atoms with Crippen molar-refractivity contribution in [2.75, 3.05) is 28.4 Å². The quantitative estimate of drug-likeness (QED) is 0.167.